The van der Waals surface area contributed by atoms with E-state index in [0.29, 0.717) is 18.8 Å². The third-order valence-corrected chi connectivity index (χ3v) is 5.72. The van der Waals surface area contributed by atoms with Gasteiger partial charge in [-0.25, -0.2) is 8.42 Å². The zero-order valence-electron chi connectivity index (χ0n) is 9.30. The van der Waals surface area contributed by atoms with Crippen LogP contribution in [0, 0.1) is 0 Å². The molecule has 0 unspecified atom stereocenters. The number of anilines is 1. The van der Waals surface area contributed by atoms with Gasteiger partial charge < -0.3 is 0 Å². The van der Waals surface area contributed by atoms with Gasteiger partial charge in [0.2, 0.25) is 10.0 Å². The molecule has 94 valence electrons. The van der Waals surface area contributed by atoms with Crippen LogP contribution in [0.5, 0.6) is 0 Å². The molecule has 17 heavy (non-hydrogen) atoms. The van der Waals surface area contributed by atoms with Crippen molar-refractivity contribution in [2.24, 2.45) is 0 Å². The first kappa shape index (κ1) is 13.1. The second-order valence-electron chi connectivity index (χ2n) is 3.75. The highest BCUT2D eigenvalue weighted by atomic mass is 35.5. The van der Waals surface area contributed by atoms with Crippen LogP contribution in [-0.4, -0.2) is 32.3 Å². The van der Waals surface area contributed by atoms with Crippen molar-refractivity contribution in [3.8, 4) is 0 Å². The Hall–Kier alpha value is -0.390. The number of fused-ring (bicyclic) bond motifs is 1. The van der Waals surface area contributed by atoms with Crippen LogP contribution < -0.4 is 4.31 Å². The Bertz CT molecular complexity index is 490. The second-order valence-corrected chi connectivity index (χ2v) is 7.27. The number of benzene rings is 1. The molecule has 0 radical (unpaired) electrons. The number of rotatable bonds is 4. The molecule has 1 aliphatic heterocycles. The van der Waals surface area contributed by atoms with Gasteiger partial charge in [-0.05, 0) is 18.6 Å². The molecule has 1 aromatic carbocycles. The maximum Gasteiger partial charge on any atom is 0.235 e. The Kier molecular flexibility index (Phi) is 4.22. The minimum atomic E-state index is -3.22. The van der Waals surface area contributed by atoms with Gasteiger partial charge >= 0.3 is 0 Å². The summed E-state index contributed by atoms with van der Waals surface area (Å²) < 4.78 is 25.8. The Morgan fingerprint density at radius 2 is 2.12 bits per heavy atom. The first-order valence-corrected chi connectivity index (χ1v) is 8.56. The van der Waals surface area contributed by atoms with Gasteiger partial charge in [-0.1, -0.05) is 12.1 Å². The van der Waals surface area contributed by atoms with Gasteiger partial charge in [-0.2, -0.15) is 0 Å². The topological polar surface area (TPSA) is 37.4 Å². The molecule has 6 heteroatoms. The normalized spacial score (nSPS) is 15.7. The van der Waals surface area contributed by atoms with E-state index in [9.17, 15) is 8.42 Å². The monoisotopic (exact) mass is 291 g/mol. The second kappa shape index (κ2) is 5.50. The van der Waals surface area contributed by atoms with E-state index >= 15 is 0 Å². The summed E-state index contributed by atoms with van der Waals surface area (Å²) in [6, 6.07) is 7.62. The summed E-state index contributed by atoms with van der Waals surface area (Å²) in [6.07, 6.45) is 0.496. The average molecular weight is 292 g/mol. The fourth-order valence-electron chi connectivity index (χ4n) is 1.78. The summed E-state index contributed by atoms with van der Waals surface area (Å²) in [5.74, 6) is 1.30. The van der Waals surface area contributed by atoms with Crippen molar-refractivity contribution in [2.45, 2.75) is 11.3 Å². The van der Waals surface area contributed by atoms with Gasteiger partial charge in [0, 0.05) is 23.1 Å². The molecule has 0 amide bonds. The van der Waals surface area contributed by atoms with Gasteiger partial charge in [0.1, 0.15) is 0 Å². The van der Waals surface area contributed by atoms with Crippen LogP contribution in [0.1, 0.15) is 6.42 Å². The van der Waals surface area contributed by atoms with E-state index in [1.54, 1.807) is 11.8 Å². The van der Waals surface area contributed by atoms with Crippen LogP contribution in [-0.2, 0) is 10.0 Å². The summed E-state index contributed by atoms with van der Waals surface area (Å²) in [6.45, 7) is 0.548. The molecule has 1 aliphatic rings. The molecule has 0 bridgehead atoms. The zero-order chi connectivity index (χ0) is 12.3. The number of halogens is 1. The number of para-hydroxylation sites is 1. The van der Waals surface area contributed by atoms with E-state index < -0.39 is 10.0 Å². The fourth-order valence-corrected chi connectivity index (χ4v) is 4.80. The lowest BCUT2D eigenvalue weighted by atomic mass is 10.3. The number of sulfonamides is 1. The van der Waals surface area contributed by atoms with Gasteiger partial charge in [-0.15, -0.1) is 23.4 Å². The highest BCUT2D eigenvalue weighted by Crippen LogP contribution is 2.35. The Morgan fingerprint density at radius 3 is 2.88 bits per heavy atom. The summed E-state index contributed by atoms with van der Waals surface area (Å²) in [7, 11) is -3.22. The lowest BCUT2D eigenvalue weighted by Gasteiger charge is -2.29. The summed E-state index contributed by atoms with van der Waals surface area (Å²) in [5, 5.41) is 0. The van der Waals surface area contributed by atoms with Crippen LogP contribution in [0.15, 0.2) is 29.2 Å². The van der Waals surface area contributed by atoms with Crippen LogP contribution in [0.2, 0.25) is 0 Å². The number of nitrogens with zero attached hydrogens (tertiary/aromatic N) is 1. The molecule has 2 rings (SSSR count). The number of thioether (sulfide) groups is 1. The summed E-state index contributed by atoms with van der Waals surface area (Å²) in [4.78, 5) is 1.04. The zero-order valence-corrected chi connectivity index (χ0v) is 11.7. The molecule has 0 spiro atoms. The number of hydrogen-bond donors (Lipinski definition) is 0. The molecule has 0 N–H and O–H groups in total. The van der Waals surface area contributed by atoms with Crippen LogP contribution in [0.25, 0.3) is 0 Å². The van der Waals surface area contributed by atoms with Gasteiger partial charge in [-0.3, -0.25) is 4.31 Å². The van der Waals surface area contributed by atoms with Crippen molar-refractivity contribution < 1.29 is 8.42 Å². The van der Waals surface area contributed by atoms with Crippen LogP contribution >= 0.6 is 23.4 Å². The lowest BCUT2D eigenvalue weighted by molar-refractivity contribution is 0.590. The quantitative estimate of drug-likeness (QED) is 0.800. The van der Waals surface area contributed by atoms with Gasteiger partial charge in [0.05, 0.1) is 11.4 Å². The van der Waals surface area contributed by atoms with E-state index in [1.807, 2.05) is 24.3 Å². The van der Waals surface area contributed by atoms with Crippen LogP contribution in [0.3, 0.4) is 0 Å². The van der Waals surface area contributed by atoms with E-state index in [-0.39, 0.29) is 5.75 Å². The van der Waals surface area contributed by atoms with Crippen molar-refractivity contribution in [2.75, 3.05) is 28.2 Å². The maximum absolute atomic E-state index is 12.2. The van der Waals surface area contributed by atoms with E-state index in [4.69, 9.17) is 11.6 Å². The smallest absolute Gasteiger partial charge is 0.235 e. The SMILES string of the molecule is O=S(=O)(CCCCl)N1CCSc2ccccc21. The highest BCUT2D eigenvalue weighted by Gasteiger charge is 2.26. The summed E-state index contributed by atoms with van der Waals surface area (Å²) >= 11 is 7.26. The van der Waals surface area contributed by atoms with Gasteiger partial charge in [0.25, 0.3) is 0 Å². The molecule has 0 atom stereocenters. The molecule has 0 fully saturated rings. The molecule has 0 saturated heterocycles. The van der Waals surface area contributed by atoms with Crippen LogP contribution in [0.4, 0.5) is 5.69 Å². The molecule has 1 heterocycles. The third-order valence-electron chi connectivity index (χ3n) is 2.56. The van der Waals surface area contributed by atoms with Gasteiger partial charge in [0.15, 0.2) is 0 Å². The molecule has 0 aromatic heterocycles. The highest BCUT2D eigenvalue weighted by molar-refractivity contribution is 8.00. The summed E-state index contributed by atoms with van der Waals surface area (Å²) in [5.41, 5.74) is 0.804. The predicted molar refractivity (Wildman–Crippen MR) is 73.6 cm³/mol. The Morgan fingerprint density at radius 1 is 1.35 bits per heavy atom. The molecular formula is C11H14ClNO2S2. The first-order valence-electron chi connectivity index (χ1n) is 5.43. The van der Waals surface area contributed by atoms with Crippen molar-refractivity contribution in [3.05, 3.63) is 24.3 Å². The molecule has 0 saturated carbocycles. The minimum absolute atomic E-state index is 0.121. The van der Waals surface area contributed by atoms with Crippen molar-refractivity contribution in [1.29, 1.82) is 0 Å². The van der Waals surface area contributed by atoms with E-state index in [2.05, 4.69) is 0 Å². The Balaban J connectivity index is 2.29. The number of hydrogen-bond acceptors (Lipinski definition) is 3. The molecule has 1 aromatic rings. The maximum atomic E-state index is 12.2. The average Bonchev–Trinajstić information content (AvgIpc) is 2.36. The predicted octanol–water partition coefficient (Wildman–Crippen LogP) is 2.56. The first-order chi connectivity index (χ1) is 8.15. The molecular weight excluding hydrogens is 278 g/mol. The largest absolute Gasteiger partial charge is 0.268 e. The van der Waals surface area contributed by atoms with E-state index in [1.165, 1.54) is 4.31 Å². The molecule has 3 nitrogen and oxygen atoms in total. The standard InChI is InChI=1S/C11H14ClNO2S2/c12-6-3-9-17(14,15)13-7-8-16-11-5-2-1-4-10(11)13/h1-2,4-5H,3,6-9H2. The van der Waals surface area contributed by atoms with E-state index in [0.717, 1.165) is 16.3 Å². The number of alkyl halides is 1. The van der Waals surface area contributed by atoms with Crippen molar-refractivity contribution >= 4 is 39.1 Å². The molecule has 0 aliphatic carbocycles. The Labute approximate surface area is 111 Å². The van der Waals surface area contributed by atoms with Crippen molar-refractivity contribution in [3.63, 3.8) is 0 Å². The van der Waals surface area contributed by atoms with Crippen molar-refractivity contribution in [1.82, 2.24) is 0 Å². The minimum Gasteiger partial charge on any atom is -0.268 e. The third kappa shape index (κ3) is 2.89. The lowest BCUT2D eigenvalue weighted by Crippen LogP contribution is -2.37. The fraction of sp³-hybridized carbons (Fsp3) is 0.455.